The van der Waals surface area contributed by atoms with Gasteiger partial charge in [-0.2, -0.15) is 0 Å². The van der Waals surface area contributed by atoms with E-state index in [1.807, 2.05) is 36.4 Å². The molecule has 1 aliphatic heterocycles. The first-order chi connectivity index (χ1) is 14.6. The average molecular weight is 466 g/mol. The van der Waals surface area contributed by atoms with Crippen LogP contribution in [0.1, 0.15) is 33.0 Å². The molecule has 0 spiro atoms. The van der Waals surface area contributed by atoms with E-state index in [1.54, 1.807) is 14.2 Å². The highest BCUT2D eigenvalue weighted by atomic mass is 79.9. The summed E-state index contributed by atoms with van der Waals surface area (Å²) < 4.78 is 12.0. The molecule has 0 N–H and O–H groups in total. The molecule has 0 radical (unpaired) electrons. The number of rotatable bonds is 6. The Hall–Kier alpha value is -2.63. The molecule has 0 saturated carbocycles. The van der Waals surface area contributed by atoms with Crippen molar-refractivity contribution < 1.29 is 14.3 Å². The van der Waals surface area contributed by atoms with Crippen LogP contribution in [0.4, 0.5) is 0 Å². The van der Waals surface area contributed by atoms with Crippen molar-refractivity contribution in [1.82, 2.24) is 4.90 Å². The number of benzene rings is 3. The zero-order valence-corrected chi connectivity index (χ0v) is 18.7. The maximum Gasteiger partial charge on any atom is 0.176 e. The van der Waals surface area contributed by atoms with E-state index in [2.05, 4.69) is 51.2 Å². The number of ketones is 1. The van der Waals surface area contributed by atoms with Gasteiger partial charge in [0.1, 0.15) is 0 Å². The van der Waals surface area contributed by atoms with Crippen LogP contribution in [-0.4, -0.2) is 38.0 Å². The van der Waals surface area contributed by atoms with E-state index in [9.17, 15) is 4.79 Å². The lowest BCUT2D eigenvalue weighted by molar-refractivity contribution is 0.0917. The van der Waals surface area contributed by atoms with Crippen LogP contribution in [0.25, 0.3) is 0 Å². The highest BCUT2D eigenvalue weighted by Gasteiger charge is 2.29. The molecule has 3 aromatic carbocycles. The number of hydrogen-bond donors (Lipinski definition) is 0. The smallest absolute Gasteiger partial charge is 0.176 e. The fraction of sp³-hybridized carbons (Fsp3) is 0.240. The van der Waals surface area contributed by atoms with Crippen LogP contribution < -0.4 is 9.47 Å². The van der Waals surface area contributed by atoms with Crippen LogP contribution >= 0.6 is 15.9 Å². The maximum atomic E-state index is 12.9. The molecule has 0 saturated heterocycles. The number of hydrogen-bond acceptors (Lipinski definition) is 4. The van der Waals surface area contributed by atoms with Crippen molar-refractivity contribution in [2.45, 2.75) is 12.5 Å². The van der Waals surface area contributed by atoms with Crippen LogP contribution in [0.2, 0.25) is 0 Å². The Morgan fingerprint density at radius 1 is 1.00 bits per heavy atom. The van der Waals surface area contributed by atoms with Crippen molar-refractivity contribution in [3.8, 4) is 11.5 Å². The fourth-order valence-electron chi connectivity index (χ4n) is 4.08. The van der Waals surface area contributed by atoms with Crippen molar-refractivity contribution in [2.24, 2.45) is 0 Å². The quantitative estimate of drug-likeness (QED) is 0.463. The normalized spacial score (nSPS) is 16.0. The van der Waals surface area contributed by atoms with Crippen molar-refractivity contribution in [3.05, 3.63) is 93.5 Å². The molecule has 1 atom stereocenters. The Labute approximate surface area is 185 Å². The summed E-state index contributed by atoms with van der Waals surface area (Å²) in [6.45, 7) is 1.84. The maximum absolute atomic E-state index is 12.9. The van der Waals surface area contributed by atoms with Gasteiger partial charge in [0.25, 0.3) is 0 Å². The molecule has 0 amide bonds. The summed E-state index contributed by atoms with van der Waals surface area (Å²) in [5.74, 6) is 1.73. The first-order valence-electron chi connectivity index (χ1n) is 9.90. The third-order valence-corrected chi connectivity index (χ3v) is 6.12. The largest absolute Gasteiger partial charge is 0.493 e. The summed E-state index contributed by atoms with van der Waals surface area (Å²) >= 11 is 3.43. The molecular weight excluding hydrogens is 442 g/mol. The zero-order valence-electron chi connectivity index (χ0n) is 17.1. The minimum atomic E-state index is 0.123. The zero-order chi connectivity index (χ0) is 21.1. The van der Waals surface area contributed by atoms with Gasteiger partial charge in [-0.1, -0.05) is 58.4 Å². The van der Waals surface area contributed by atoms with Gasteiger partial charge >= 0.3 is 0 Å². The Balaban J connectivity index is 1.67. The molecule has 4 nitrogen and oxygen atoms in total. The lowest BCUT2D eigenvalue weighted by Crippen LogP contribution is -2.37. The van der Waals surface area contributed by atoms with Crippen molar-refractivity contribution in [2.75, 3.05) is 27.3 Å². The standard InChI is InChI=1S/C25H24BrNO3/c1-29-24-12-19-14-27(16-23(28)18-8-10-20(26)11-9-18)15-22(17-6-4-3-5-7-17)21(19)13-25(24)30-2/h3-13,22H,14-16H2,1-2H3/t22-/m1/s1. The highest BCUT2D eigenvalue weighted by Crippen LogP contribution is 2.40. The van der Waals surface area contributed by atoms with E-state index in [1.165, 1.54) is 11.1 Å². The Bertz CT molecular complexity index is 1030. The van der Waals surface area contributed by atoms with E-state index < -0.39 is 0 Å². The number of methoxy groups -OCH3 is 2. The molecule has 3 aromatic rings. The van der Waals surface area contributed by atoms with Gasteiger partial charge in [-0.15, -0.1) is 0 Å². The lowest BCUT2D eigenvalue weighted by atomic mass is 9.84. The van der Waals surface area contributed by atoms with Crippen LogP contribution in [0, 0.1) is 0 Å². The average Bonchev–Trinajstić information content (AvgIpc) is 2.78. The summed E-state index contributed by atoms with van der Waals surface area (Å²) in [6, 6.07) is 22.1. The Kier molecular flexibility index (Phi) is 6.21. The summed E-state index contributed by atoms with van der Waals surface area (Å²) in [5, 5.41) is 0. The first-order valence-corrected chi connectivity index (χ1v) is 10.7. The van der Waals surface area contributed by atoms with Crippen LogP contribution in [0.3, 0.4) is 0 Å². The molecule has 0 fully saturated rings. The lowest BCUT2D eigenvalue weighted by Gasteiger charge is -2.35. The molecule has 0 aromatic heterocycles. The second kappa shape index (κ2) is 9.02. The third-order valence-electron chi connectivity index (χ3n) is 5.59. The summed E-state index contributed by atoms with van der Waals surface area (Å²) in [7, 11) is 3.31. The molecule has 0 aliphatic carbocycles. The summed E-state index contributed by atoms with van der Waals surface area (Å²) in [4.78, 5) is 15.1. The van der Waals surface area contributed by atoms with Gasteiger partial charge in [0.05, 0.1) is 20.8 Å². The van der Waals surface area contributed by atoms with E-state index in [4.69, 9.17) is 9.47 Å². The van der Waals surface area contributed by atoms with Crippen LogP contribution in [0.5, 0.6) is 11.5 Å². The molecule has 154 valence electrons. The van der Waals surface area contributed by atoms with Gasteiger partial charge in [0.2, 0.25) is 0 Å². The van der Waals surface area contributed by atoms with E-state index in [0.717, 1.165) is 27.9 Å². The third kappa shape index (κ3) is 4.27. The molecular formula is C25H24BrNO3. The predicted molar refractivity (Wildman–Crippen MR) is 122 cm³/mol. The van der Waals surface area contributed by atoms with Crippen molar-refractivity contribution in [1.29, 1.82) is 0 Å². The van der Waals surface area contributed by atoms with Gasteiger partial charge in [0, 0.05) is 29.0 Å². The number of fused-ring (bicyclic) bond motifs is 1. The molecule has 0 unspecified atom stereocenters. The molecule has 30 heavy (non-hydrogen) atoms. The van der Waals surface area contributed by atoms with Gasteiger partial charge in [-0.05, 0) is 41.0 Å². The molecule has 0 bridgehead atoms. The summed E-state index contributed by atoms with van der Waals surface area (Å²) in [5.41, 5.74) is 4.35. The summed E-state index contributed by atoms with van der Waals surface area (Å²) in [6.07, 6.45) is 0. The van der Waals surface area contributed by atoms with Gasteiger partial charge in [-0.3, -0.25) is 9.69 Å². The first kappa shape index (κ1) is 20.6. The van der Waals surface area contributed by atoms with Gasteiger partial charge in [-0.25, -0.2) is 0 Å². The minimum Gasteiger partial charge on any atom is -0.493 e. The molecule has 1 heterocycles. The van der Waals surface area contributed by atoms with E-state index in [0.29, 0.717) is 18.8 Å². The number of carbonyl (C=O) groups is 1. The number of carbonyl (C=O) groups excluding carboxylic acids is 1. The number of ether oxygens (including phenoxy) is 2. The monoisotopic (exact) mass is 465 g/mol. The van der Waals surface area contributed by atoms with Crippen molar-refractivity contribution in [3.63, 3.8) is 0 Å². The highest BCUT2D eigenvalue weighted by molar-refractivity contribution is 9.10. The fourth-order valence-corrected chi connectivity index (χ4v) is 4.35. The Morgan fingerprint density at radius 2 is 1.67 bits per heavy atom. The second-order valence-corrected chi connectivity index (χ2v) is 8.38. The van der Waals surface area contributed by atoms with Crippen LogP contribution in [-0.2, 0) is 6.54 Å². The number of nitrogens with zero attached hydrogens (tertiary/aromatic N) is 1. The van der Waals surface area contributed by atoms with Crippen LogP contribution in [0.15, 0.2) is 71.2 Å². The van der Waals surface area contributed by atoms with Gasteiger partial charge < -0.3 is 9.47 Å². The SMILES string of the molecule is COc1cc2c(cc1OC)[C@@H](c1ccccc1)CN(CC(=O)c1ccc(Br)cc1)C2. The second-order valence-electron chi connectivity index (χ2n) is 7.47. The molecule has 4 rings (SSSR count). The Morgan fingerprint density at radius 3 is 2.33 bits per heavy atom. The predicted octanol–water partition coefficient (Wildman–Crippen LogP) is 5.30. The van der Waals surface area contributed by atoms with E-state index >= 15 is 0 Å². The number of Topliss-reactive ketones (excluding diaryl/α,β-unsaturated/α-hetero) is 1. The van der Waals surface area contributed by atoms with Gasteiger partial charge in [0.15, 0.2) is 17.3 Å². The number of halogens is 1. The topological polar surface area (TPSA) is 38.8 Å². The minimum absolute atomic E-state index is 0.123. The van der Waals surface area contributed by atoms with Crippen molar-refractivity contribution >= 4 is 21.7 Å². The van der Waals surface area contributed by atoms with E-state index in [-0.39, 0.29) is 11.7 Å². The molecule has 1 aliphatic rings. The molecule has 5 heteroatoms.